The van der Waals surface area contributed by atoms with Crippen LogP contribution in [0.5, 0.6) is 5.88 Å². The lowest BCUT2D eigenvalue weighted by Gasteiger charge is -2.30. The molecule has 3 rings (SSSR count). The second-order valence-electron chi connectivity index (χ2n) is 5.00. The van der Waals surface area contributed by atoms with E-state index in [4.69, 9.17) is 4.74 Å². The van der Waals surface area contributed by atoms with Crippen molar-refractivity contribution in [1.29, 1.82) is 0 Å². The quantitative estimate of drug-likeness (QED) is 0.761. The number of hydrogen-bond donors (Lipinski definition) is 0. The van der Waals surface area contributed by atoms with E-state index in [-0.39, 0.29) is 12.1 Å². The Morgan fingerprint density at radius 2 is 2.39 bits per heavy atom. The fourth-order valence-corrected chi connectivity index (χ4v) is 2.97. The highest BCUT2D eigenvalue weighted by atomic mass is 19.1. The molecule has 18 heavy (non-hydrogen) atoms. The first-order valence-corrected chi connectivity index (χ1v) is 6.18. The molecule has 5 heteroatoms. The second kappa shape index (κ2) is 4.55. The molecule has 1 aromatic heterocycles. The summed E-state index contributed by atoms with van der Waals surface area (Å²) >= 11 is 0. The van der Waals surface area contributed by atoms with Crippen molar-refractivity contribution in [1.82, 2.24) is 9.88 Å². The number of nitrogens with zero attached hydrogens (tertiary/aromatic N) is 2. The minimum Gasteiger partial charge on any atom is -0.472 e. The standard InChI is InChI=1S/C13H15FN2O2/c14-5-9-1-2-13(15-6-9)18-12-4-10-3-11(12)16(7-10)8-17/h1-2,6,8,10-12H,3-5,7H2/t10-,11+,12-/m1/s1. The molecule has 96 valence electrons. The van der Waals surface area contributed by atoms with Gasteiger partial charge in [-0.2, -0.15) is 0 Å². The Kier molecular flexibility index (Phi) is 2.89. The molecule has 1 aromatic rings. The van der Waals surface area contributed by atoms with Gasteiger partial charge in [0.15, 0.2) is 0 Å². The Morgan fingerprint density at radius 3 is 3.00 bits per heavy atom. The lowest BCUT2D eigenvalue weighted by Crippen LogP contribution is -2.43. The lowest BCUT2D eigenvalue weighted by atomic mass is 10.1. The lowest BCUT2D eigenvalue weighted by molar-refractivity contribution is -0.121. The smallest absolute Gasteiger partial charge is 0.213 e. The number of pyridine rings is 1. The molecule has 3 atom stereocenters. The maximum absolute atomic E-state index is 12.4. The summed E-state index contributed by atoms with van der Waals surface area (Å²) in [5.41, 5.74) is 0.546. The van der Waals surface area contributed by atoms with Gasteiger partial charge in [0.1, 0.15) is 12.8 Å². The number of halogens is 1. The number of ether oxygens (including phenoxy) is 1. The molecule has 2 bridgehead atoms. The van der Waals surface area contributed by atoms with E-state index in [0.717, 1.165) is 25.8 Å². The first kappa shape index (κ1) is 11.4. The minimum atomic E-state index is -0.514. The monoisotopic (exact) mass is 250 g/mol. The zero-order chi connectivity index (χ0) is 12.5. The molecule has 0 spiro atoms. The number of likely N-dealkylation sites (tertiary alicyclic amines) is 1. The Bertz CT molecular complexity index is 437. The summed E-state index contributed by atoms with van der Waals surface area (Å²) in [5.74, 6) is 1.06. The van der Waals surface area contributed by atoms with Gasteiger partial charge in [-0.05, 0) is 24.8 Å². The predicted molar refractivity (Wildman–Crippen MR) is 62.7 cm³/mol. The molecule has 1 saturated heterocycles. The Hall–Kier alpha value is -1.65. The third-order valence-electron chi connectivity index (χ3n) is 3.82. The Morgan fingerprint density at radius 1 is 1.50 bits per heavy atom. The number of carbonyl (C=O) groups excluding carboxylic acids is 1. The van der Waals surface area contributed by atoms with Crippen molar-refractivity contribution in [3.8, 4) is 5.88 Å². The highest BCUT2D eigenvalue weighted by molar-refractivity contribution is 5.49. The van der Waals surface area contributed by atoms with Gasteiger partial charge in [0.2, 0.25) is 12.3 Å². The van der Waals surface area contributed by atoms with Gasteiger partial charge in [-0.3, -0.25) is 4.79 Å². The summed E-state index contributed by atoms with van der Waals surface area (Å²) in [6.07, 6.45) is 4.41. The van der Waals surface area contributed by atoms with Crippen molar-refractivity contribution in [3.63, 3.8) is 0 Å². The van der Waals surface area contributed by atoms with Gasteiger partial charge >= 0.3 is 0 Å². The van der Waals surface area contributed by atoms with E-state index >= 15 is 0 Å². The molecule has 1 aliphatic carbocycles. The van der Waals surface area contributed by atoms with E-state index in [1.165, 1.54) is 6.20 Å². The third kappa shape index (κ3) is 1.94. The first-order chi connectivity index (χ1) is 8.80. The van der Waals surface area contributed by atoms with Gasteiger partial charge in [0.25, 0.3) is 0 Å². The molecular weight excluding hydrogens is 235 g/mol. The molecule has 4 nitrogen and oxygen atoms in total. The van der Waals surface area contributed by atoms with Crippen LogP contribution in [0.25, 0.3) is 0 Å². The molecule has 1 aliphatic heterocycles. The maximum Gasteiger partial charge on any atom is 0.213 e. The van der Waals surface area contributed by atoms with Crippen molar-refractivity contribution in [3.05, 3.63) is 23.9 Å². The molecule has 2 fully saturated rings. The molecule has 0 aromatic carbocycles. The van der Waals surface area contributed by atoms with Crippen LogP contribution in [-0.4, -0.2) is 35.0 Å². The highest BCUT2D eigenvalue weighted by Gasteiger charge is 2.45. The van der Waals surface area contributed by atoms with Gasteiger partial charge < -0.3 is 9.64 Å². The number of rotatable bonds is 4. The van der Waals surface area contributed by atoms with Crippen LogP contribution in [0.4, 0.5) is 4.39 Å². The first-order valence-electron chi connectivity index (χ1n) is 6.18. The number of fused-ring (bicyclic) bond motifs is 2. The molecule has 0 N–H and O–H groups in total. The number of carbonyl (C=O) groups is 1. The average molecular weight is 250 g/mol. The Balaban J connectivity index is 1.67. The van der Waals surface area contributed by atoms with Crippen molar-refractivity contribution in [2.45, 2.75) is 31.7 Å². The van der Waals surface area contributed by atoms with Crippen LogP contribution in [0.2, 0.25) is 0 Å². The normalized spacial score (nSPS) is 29.6. The largest absolute Gasteiger partial charge is 0.472 e. The summed E-state index contributed by atoms with van der Waals surface area (Å²) in [6, 6.07) is 3.54. The van der Waals surface area contributed by atoms with E-state index in [0.29, 0.717) is 17.4 Å². The SMILES string of the molecule is O=CN1C[C@H]2C[C@@H](Oc3ccc(CF)cn3)[C@@H]1C2. The van der Waals surface area contributed by atoms with E-state index in [9.17, 15) is 9.18 Å². The number of piperidine rings is 1. The zero-order valence-corrected chi connectivity index (χ0v) is 9.96. The molecule has 0 radical (unpaired) electrons. The number of hydrogen-bond acceptors (Lipinski definition) is 3. The van der Waals surface area contributed by atoms with Crippen LogP contribution in [0, 0.1) is 5.92 Å². The summed E-state index contributed by atoms with van der Waals surface area (Å²) in [6.45, 7) is 0.336. The Labute approximate surface area is 105 Å². The van der Waals surface area contributed by atoms with Gasteiger partial charge in [0.05, 0.1) is 6.04 Å². The van der Waals surface area contributed by atoms with E-state index < -0.39 is 6.67 Å². The fraction of sp³-hybridized carbons (Fsp3) is 0.538. The van der Waals surface area contributed by atoms with Crippen LogP contribution in [0.3, 0.4) is 0 Å². The molecule has 1 amide bonds. The van der Waals surface area contributed by atoms with Crippen LogP contribution >= 0.6 is 0 Å². The zero-order valence-electron chi connectivity index (χ0n) is 9.96. The summed E-state index contributed by atoms with van der Waals surface area (Å²) in [7, 11) is 0. The summed E-state index contributed by atoms with van der Waals surface area (Å²) in [5, 5.41) is 0. The van der Waals surface area contributed by atoms with Crippen LogP contribution in [0.1, 0.15) is 18.4 Å². The molecule has 1 saturated carbocycles. The summed E-state index contributed by atoms with van der Waals surface area (Å²) < 4.78 is 18.2. The second-order valence-corrected chi connectivity index (χ2v) is 5.00. The van der Waals surface area contributed by atoms with Crippen LogP contribution in [-0.2, 0) is 11.5 Å². The van der Waals surface area contributed by atoms with Crippen LogP contribution in [0.15, 0.2) is 18.3 Å². The number of amides is 1. The third-order valence-corrected chi connectivity index (χ3v) is 3.82. The molecule has 2 heterocycles. The van der Waals surface area contributed by atoms with E-state index in [1.54, 1.807) is 12.1 Å². The molecule has 0 unspecified atom stereocenters. The van der Waals surface area contributed by atoms with Gasteiger partial charge in [0, 0.05) is 24.4 Å². The number of aromatic nitrogens is 1. The predicted octanol–water partition coefficient (Wildman–Crippen LogP) is 1.55. The van der Waals surface area contributed by atoms with E-state index in [1.807, 2.05) is 4.90 Å². The molecule has 2 aliphatic rings. The van der Waals surface area contributed by atoms with Gasteiger partial charge in [-0.1, -0.05) is 0 Å². The van der Waals surface area contributed by atoms with Crippen LogP contribution < -0.4 is 4.74 Å². The summed E-state index contributed by atoms with van der Waals surface area (Å²) in [4.78, 5) is 16.8. The molecular formula is C13H15FN2O2. The fourth-order valence-electron chi connectivity index (χ4n) is 2.97. The average Bonchev–Trinajstić information content (AvgIpc) is 2.99. The van der Waals surface area contributed by atoms with Gasteiger partial charge in [-0.15, -0.1) is 0 Å². The van der Waals surface area contributed by atoms with Crippen molar-refractivity contribution < 1.29 is 13.9 Å². The van der Waals surface area contributed by atoms with Crippen molar-refractivity contribution in [2.75, 3.05) is 6.54 Å². The van der Waals surface area contributed by atoms with Gasteiger partial charge in [-0.25, -0.2) is 9.37 Å². The topological polar surface area (TPSA) is 42.4 Å². The number of alkyl halides is 1. The minimum absolute atomic E-state index is 0.0256. The van der Waals surface area contributed by atoms with E-state index in [2.05, 4.69) is 4.98 Å². The van der Waals surface area contributed by atoms with Crippen molar-refractivity contribution >= 4 is 6.41 Å². The highest BCUT2D eigenvalue weighted by Crippen LogP contribution is 2.38. The van der Waals surface area contributed by atoms with Crippen molar-refractivity contribution in [2.24, 2.45) is 5.92 Å². The maximum atomic E-state index is 12.4.